The molecule has 3 rings (SSSR count). The summed E-state index contributed by atoms with van der Waals surface area (Å²) < 4.78 is 7.36. The van der Waals surface area contributed by atoms with Gasteiger partial charge < -0.3 is 4.74 Å². The number of ether oxygens (including phenoxy) is 1. The van der Waals surface area contributed by atoms with Crippen LogP contribution >= 0.6 is 15.9 Å². The third-order valence-corrected chi connectivity index (χ3v) is 4.81. The summed E-state index contributed by atoms with van der Waals surface area (Å²) in [4.78, 5) is 2.27. The molecule has 3 atom stereocenters. The molecule has 1 heterocycles. The van der Waals surface area contributed by atoms with Crippen molar-refractivity contribution in [2.24, 2.45) is 0 Å². The molecular weight excluding hydrogens is 338 g/mol. The first-order valence-electron chi connectivity index (χ1n) is 7.51. The molecule has 1 aliphatic heterocycles. The van der Waals surface area contributed by atoms with Crippen molar-refractivity contribution in [1.29, 1.82) is 0 Å². The fraction of sp³-hybridized carbons (Fsp3) is 0.263. The van der Waals surface area contributed by atoms with E-state index in [-0.39, 0.29) is 12.3 Å². The molecule has 0 aromatic heterocycles. The van der Waals surface area contributed by atoms with E-state index in [1.807, 2.05) is 24.3 Å². The Kier molecular flexibility index (Phi) is 4.77. The molecule has 1 aliphatic rings. The van der Waals surface area contributed by atoms with E-state index in [2.05, 4.69) is 77.3 Å². The maximum absolute atomic E-state index is 6.32. The molecule has 3 heteroatoms. The molecular formula is C19H20BrNO. The van der Waals surface area contributed by atoms with Crippen LogP contribution in [-0.4, -0.2) is 24.2 Å². The fourth-order valence-corrected chi connectivity index (χ4v) is 3.51. The maximum Gasteiger partial charge on any atom is 0.144 e. The molecule has 2 aromatic carbocycles. The predicted molar refractivity (Wildman–Crippen MR) is 94.6 cm³/mol. The van der Waals surface area contributed by atoms with Gasteiger partial charge in [-0.3, -0.25) is 4.90 Å². The smallest absolute Gasteiger partial charge is 0.144 e. The molecule has 22 heavy (non-hydrogen) atoms. The summed E-state index contributed by atoms with van der Waals surface area (Å²) in [6.07, 6.45) is 2.16. The van der Waals surface area contributed by atoms with Crippen LogP contribution in [0, 0.1) is 0 Å². The first-order valence-corrected chi connectivity index (χ1v) is 8.30. The van der Waals surface area contributed by atoms with E-state index in [1.54, 1.807) is 0 Å². The van der Waals surface area contributed by atoms with E-state index in [9.17, 15) is 0 Å². The van der Waals surface area contributed by atoms with Crippen LogP contribution in [-0.2, 0) is 4.74 Å². The van der Waals surface area contributed by atoms with Gasteiger partial charge in [0.2, 0.25) is 0 Å². The van der Waals surface area contributed by atoms with Crippen molar-refractivity contribution in [2.75, 3.05) is 7.05 Å². The average Bonchev–Trinajstić information content (AvgIpc) is 2.85. The topological polar surface area (TPSA) is 12.5 Å². The number of benzene rings is 2. The Bertz CT molecular complexity index is 641. The lowest BCUT2D eigenvalue weighted by Crippen LogP contribution is -2.31. The van der Waals surface area contributed by atoms with E-state index < -0.39 is 0 Å². The lowest BCUT2D eigenvalue weighted by Gasteiger charge is -2.21. The third-order valence-electron chi connectivity index (χ3n) is 4.19. The Hall–Kier alpha value is -1.42. The highest BCUT2D eigenvalue weighted by Gasteiger charge is 2.39. The quantitative estimate of drug-likeness (QED) is 0.779. The zero-order valence-corrected chi connectivity index (χ0v) is 14.4. The molecule has 2 aromatic rings. The van der Waals surface area contributed by atoms with E-state index in [1.165, 1.54) is 11.1 Å². The van der Waals surface area contributed by atoms with Gasteiger partial charge in [0, 0.05) is 10.5 Å². The molecule has 0 aliphatic carbocycles. The normalized spacial score (nSPS) is 26.3. The van der Waals surface area contributed by atoms with Crippen LogP contribution in [0.25, 0.3) is 6.08 Å². The van der Waals surface area contributed by atoms with Gasteiger partial charge in [-0.2, -0.15) is 0 Å². The molecule has 0 spiro atoms. The monoisotopic (exact) mass is 357 g/mol. The van der Waals surface area contributed by atoms with Crippen molar-refractivity contribution >= 4 is 22.0 Å². The zero-order valence-electron chi connectivity index (χ0n) is 12.8. The van der Waals surface area contributed by atoms with Crippen molar-refractivity contribution in [3.63, 3.8) is 0 Å². The zero-order chi connectivity index (χ0) is 15.5. The van der Waals surface area contributed by atoms with Crippen LogP contribution in [0.1, 0.15) is 24.2 Å². The van der Waals surface area contributed by atoms with E-state index in [4.69, 9.17) is 4.74 Å². The summed E-state index contributed by atoms with van der Waals surface area (Å²) in [5.74, 6) is 0. The van der Waals surface area contributed by atoms with Gasteiger partial charge in [0.15, 0.2) is 0 Å². The van der Waals surface area contributed by atoms with Crippen molar-refractivity contribution in [2.45, 2.75) is 25.3 Å². The second-order valence-corrected chi connectivity index (χ2v) is 6.58. The molecule has 114 valence electrons. The van der Waals surface area contributed by atoms with Crippen LogP contribution in [0.2, 0.25) is 0 Å². The highest BCUT2D eigenvalue weighted by atomic mass is 79.9. The molecule has 0 radical (unpaired) electrons. The molecule has 2 nitrogen and oxygen atoms in total. The number of halogens is 1. The third kappa shape index (κ3) is 3.17. The minimum absolute atomic E-state index is 0.0552. The van der Waals surface area contributed by atoms with E-state index in [0.717, 1.165) is 4.48 Å². The molecule has 1 saturated heterocycles. The summed E-state index contributed by atoms with van der Waals surface area (Å²) in [5.41, 5.74) is 2.39. The van der Waals surface area contributed by atoms with Crippen LogP contribution in [0.5, 0.6) is 0 Å². The minimum Gasteiger partial charge on any atom is -0.349 e. The minimum atomic E-state index is -0.0552. The molecule has 0 N–H and O–H groups in total. The first-order chi connectivity index (χ1) is 10.7. The highest BCUT2D eigenvalue weighted by molar-refractivity contribution is 9.11. The van der Waals surface area contributed by atoms with E-state index in [0.29, 0.717) is 6.04 Å². The van der Waals surface area contributed by atoms with Crippen LogP contribution in [0.4, 0.5) is 0 Å². The number of nitrogens with zero attached hydrogens (tertiary/aromatic N) is 1. The Balaban J connectivity index is 1.82. The number of rotatable bonds is 3. The summed E-state index contributed by atoms with van der Waals surface area (Å²) in [6, 6.07) is 21.0. The molecule has 0 amide bonds. The number of hydrogen-bond acceptors (Lipinski definition) is 2. The van der Waals surface area contributed by atoms with Gasteiger partial charge in [0.1, 0.15) is 12.3 Å². The second-order valence-electron chi connectivity index (χ2n) is 5.67. The van der Waals surface area contributed by atoms with Crippen molar-refractivity contribution < 1.29 is 4.74 Å². The van der Waals surface area contributed by atoms with Crippen molar-refractivity contribution in [3.8, 4) is 0 Å². The highest BCUT2D eigenvalue weighted by Crippen LogP contribution is 2.38. The standard InChI is InChI=1S/C19H20BrNO/c1-14-18(16-11-7-4-8-12-16)22-19(21(14)2)17(20)13-15-9-5-3-6-10-15/h3-14,18-19H,1-2H3/t14-,18+,19?/m0/s1. The van der Waals surface area contributed by atoms with Gasteiger partial charge in [-0.05, 0) is 31.2 Å². The number of likely N-dealkylation sites (N-methyl/N-ethyl adjacent to an activating group) is 1. The first kappa shape index (κ1) is 15.5. The average molecular weight is 358 g/mol. The van der Waals surface area contributed by atoms with Crippen molar-refractivity contribution in [3.05, 3.63) is 76.3 Å². The Morgan fingerprint density at radius 2 is 1.64 bits per heavy atom. The molecule has 1 fully saturated rings. The predicted octanol–water partition coefficient (Wildman–Crippen LogP) is 4.84. The lowest BCUT2D eigenvalue weighted by molar-refractivity contribution is 0.0392. The molecule has 0 saturated carbocycles. The summed E-state index contributed by atoms with van der Waals surface area (Å²) >= 11 is 3.70. The summed E-state index contributed by atoms with van der Waals surface area (Å²) in [5, 5.41) is 0. The van der Waals surface area contributed by atoms with Gasteiger partial charge in [-0.1, -0.05) is 76.6 Å². The van der Waals surface area contributed by atoms with Gasteiger partial charge in [-0.15, -0.1) is 0 Å². The fourth-order valence-electron chi connectivity index (χ4n) is 2.81. The summed E-state index contributed by atoms with van der Waals surface area (Å²) in [6.45, 7) is 2.21. The van der Waals surface area contributed by atoms with Crippen LogP contribution in [0.3, 0.4) is 0 Å². The Morgan fingerprint density at radius 3 is 2.27 bits per heavy atom. The van der Waals surface area contributed by atoms with Crippen LogP contribution in [0.15, 0.2) is 65.1 Å². The number of hydrogen-bond donors (Lipinski definition) is 0. The van der Waals surface area contributed by atoms with Gasteiger partial charge in [0.05, 0.1) is 0 Å². The Morgan fingerprint density at radius 1 is 1.05 bits per heavy atom. The molecule has 0 bridgehead atoms. The van der Waals surface area contributed by atoms with Gasteiger partial charge >= 0.3 is 0 Å². The summed E-state index contributed by atoms with van der Waals surface area (Å²) in [7, 11) is 2.11. The van der Waals surface area contributed by atoms with Gasteiger partial charge in [0.25, 0.3) is 0 Å². The largest absolute Gasteiger partial charge is 0.349 e. The second kappa shape index (κ2) is 6.78. The molecule has 1 unspecified atom stereocenters. The lowest BCUT2D eigenvalue weighted by atomic mass is 10.0. The maximum atomic E-state index is 6.32. The van der Waals surface area contributed by atoms with Crippen LogP contribution < -0.4 is 0 Å². The van der Waals surface area contributed by atoms with E-state index >= 15 is 0 Å². The SMILES string of the molecule is C[C@H]1[C@H](c2ccccc2)OC(C(Br)=Cc2ccccc2)N1C. The van der Waals surface area contributed by atoms with Crippen molar-refractivity contribution in [1.82, 2.24) is 4.90 Å². The van der Waals surface area contributed by atoms with Gasteiger partial charge in [-0.25, -0.2) is 0 Å². The Labute approximate surface area is 140 Å².